The molecule has 0 unspecified atom stereocenters. The van der Waals surface area contributed by atoms with E-state index in [-0.39, 0.29) is 0 Å². The molecule has 0 atom stereocenters. The van der Waals surface area contributed by atoms with Crippen molar-refractivity contribution in [2.24, 2.45) is 0 Å². The molecule has 0 bridgehead atoms. The van der Waals surface area contributed by atoms with Gasteiger partial charge in [0.25, 0.3) is 0 Å². The number of hydrogen-bond donors (Lipinski definition) is 0. The average Bonchev–Trinajstić information content (AvgIpc) is 2.20. The Morgan fingerprint density at radius 3 is 2.64 bits per heavy atom. The Morgan fingerprint density at radius 1 is 1.29 bits per heavy atom. The highest BCUT2D eigenvalue weighted by molar-refractivity contribution is 5.90. The smallest absolute Gasteiger partial charge is 0.155 e. The first-order chi connectivity index (χ1) is 6.83. The van der Waals surface area contributed by atoms with Gasteiger partial charge in [0.1, 0.15) is 0 Å². The first-order valence-electron chi connectivity index (χ1n) is 5.66. The van der Waals surface area contributed by atoms with Crippen molar-refractivity contribution in [2.45, 2.75) is 51.4 Å². The molecule has 0 aromatic heterocycles. The molecule has 0 radical (unpaired) electrons. The van der Waals surface area contributed by atoms with E-state index in [2.05, 4.69) is 6.58 Å². The van der Waals surface area contributed by atoms with Crippen molar-refractivity contribution < 1.29 is 4.79 Å². The van der Waals surface area contributed by atoms with Gasteiger partial charge in [0.15, 0.2) is 5.78 Å². The summed E-state index contributed by atoms with van der Waals surface area (Å²) >= 11 is 0. The van der Waals surface area contributed by atoms with E-state index in [0.29, 0.717) is 12.2 Å². The minimum absolute atomic E-state index is 0.309. The molecule has 1 heteroatoms. The van der Waals surface area contributed by atoms with E-state index in [1.165, 1.54) is 24.8 Å². The van der Waals surface area contributed by atoms with Crippen LogP contribution in [-0.4, -0.2) is 5.78 Å². The molecule has 0 heterocycles. The molecular weight excluding hydrogens is 172 g/mol. The van der Waals surface area contributed by atoms with Crippen molar-refractivity contribution in [3.8, 4) is 0 Å². The zero-order chi connectivity index (χ0) is 10.2. The van der Waals surface area contributed by atoms with Crippen molar-refractivity contribution in [3.63, 3.8) is 0 Å². The number of carbonyl (C=O) groups is 1. The van der Waals surface area contributed by atoms with Crippen LogP contribution < -0.4 is 0 Å². The second kappa shape index (κ2) is 6.58. The van der Waals surface area contributed by atoms with Crippen LogP contribution in [0.4, 0.5) is 0 Å². The van der Waals surface area contributed by atoms with Crippen LogP contribution in [0.25, 0.3) is 0 Å². The van der Waals surface area contributed by atoms with Crippen LogP contribution in [0.3, 0.4) is 0 Å². The highest BCUT2D eigenvalue weighted by Gasteiger charge is 2.06. The van der Waals surface area contributed by atoms with Gasteiger partial charge in [0, 0.05) is 6.42 Å². The van der Waals surface area contributed by atoms with E-state index in [1.54, 1.807) is 0 Å². The quantitative estimate of drug-likeness (QED) is 0.368. The summed E-state index contributed by atoms with van der Waals surface area (Å²) in [7, 11) is 0. The predicted molar refractivity (Wildman–Crippen MR) is 60.2 cm³/mol. The van der Waals surface area contributed by atoms with Crippen LogP contribution >= 0.6 is 0 Å². The lowest BCUT2D eigenvalue weighted by Gasteiger charge is -2.12. The monoisotopic (exact) mass is 192 g/mol. The highest BCUT2D eigenvalue weighted by Crippen LogP contribution is 2.22. The molecule has 1 fully saturated rings. The Morgan fingerprint density at radius 2 is 2.00 bits per heavy atom. The molecule has 1 saturated carbocycles. The van der Waals surface area contributed by atoms with Crippen LogP contribution in [0.2, 0.25) is 0 Å². The summed E-state index contributed by atoms with van der Waals surface area (Å²) < 4.78 is 0. The lowest BCUT2D eigenvalue weighted by Crippen LogP contribution is -1.99. The van der Waals surface area contributed by atoms with E-state index < -0.39 is 0 Å². The third-order valence-electron chi connectivity index (χ3n) is 2.69. The number of rotatable bonds is 5. The van der Waals surface area contributed by atoms with Gasteiger partial charge < -0.3 is 0 Å². The fourth-order valence-corrected chi connectivity index (χ4v) is 1.87. The first kappa shape index (κ1) is 11.2. The van der Waals surface area contributed by atoms with Crippen LogP contribution in [0.15, 0.2) is 24.3 Å². The molecule has 1 rings (SSSR count). The summed E-state index contributed by atoms with van der Waals surface area (Å²) in [6, 6.07) is 0. The second-order valence-electron chi connectivity index (χ2n) is 4.01. The SMILES string of the molecule is C=CCCCC(=O)C=C1CCCCC1. The van der Waals surface area contributed by atoms with Gasteiger partial charge in [-0.05, 0) is 44.6 Å². The minimum atomic E-state index is 0.309. The second-order valence-corrected chi connectivity index (χ2v) is 4.01. The molecule has 1 aliphatic carbocycles. The van der Waals surface area contributed by atoms with Crippen LogP contribution in [0, 0.1) is 0 Å². The Balaban J connectivity index is 2.26. The summed E-state index contributed by atoms with van der Waals surface area (Å²) in [4.78, 5) is 11.5. The lowest BCUT2D eigenvalue weighted by molar-refractivity contribution is -0.114. The van der Waals surface area contributed by atoms with Crippen LogP contribution in [0.5, 0.6) is 0 Å². The Hall–Kier alpha value is -0.850. The molecule has 0 spiro atoms. The molecule has 0 N–H and O–H groups in total. The molecule has 0 aliphatic heterocycles. The fourth-order valence-electron chi connectivity index (χ4n) is 1.87. The van der Waals surface area contributed by atoms with Gasteiger partial charge in [-0.1, -0.05) is 18.1 Å². The number of ketones is 1. The lowest BCUT2D eigenvalue weighted by atomic mass is 9.93. The largest absolute Gasteiger partial charge is 0.295 e. The van der Waals surface area contributed by atoms with Crippen molar-refractivity contribution in [3.05, 3.63) is 24.3 Å². The number of unbranched alkanes of at least 4 members (excludes halogenated alkanes) is 1. The fraction of sp³-hybridized carbons (Fsp3) is 0.615. The zero-order valence-electron chi connectivity index (χ0n) is 8.93. The third kappa shape index (κ3) is 4.40. The van der Waals surface area contributed by atoms with Gasteiger partial charge in [0.05, 0.1) is 0 Å². The van der Waals surface area contributed by atoms with E-state index in [0.717, 1.165) is 25.7 Å². The number of allylic oxidation sites excluding steroid dienone is 3. The van der Waals surface area contributed by atoms with Crippen molar-refractivity contribution >= 4 is 5.78 Å². The molecule has 1 nitrogen and oxygen atoms in total. The van der Waals surface area contributed by atoms with Gasteiger partial charge in [-0.15, -0.1) is 6.58 Å². The zero-order valence-corrected chi connectivity index (χ0v) is 8.93. The molecular formula is C13H20O. The summed E-state index contributed by atoms with van der Waals surface area (Å²) in [5, 5.41) is 0. The standard InChI is InChI=1S/C13H20O/c1-2-3-5-10-13(14)11-12-8-6-4-7-9-12/h2,11H,1,3-10H2. The summed E-state index contributed by atoms with van der Waals surface area (Å²) in [5.74, 6) is 0.309. The minimum Gasteiger partial charge on any atom is -0.295 e. The average molecular weight is 192 g/mol. The maximum absolute atomic E-state index is 11.5. The highest BCUT2D eigenvalue weighted by atomic mass is 16.1. The molecule has 0 aromatic rings. The van der Waals surface area contributed by atoms with Crippen LogP contribution in [-0.2, 0) is 4.79 Å². The maximum atomic E-state index is 11.5. The van der Waals surface area contributed by atoms with Crippen molar-refractivity contribution in [1.29, 1.82) is 0 Å². The van der Waals surface area contributed by atoms with Gasteiger partial charge in [-0.3, -0.25) is 4.79 Å². The van der Waals surface area contributed by atoms with E-state index in [1.807, 2.05) is 12.2 Å². The van der Waals surface area contributed by atoms with Gasteiger partial charge in [-0.2, -0.15) is 0 Å². The third-order valence-corrected chi connectivity index (χ3v) is 2.69. The number of hydrogen-bond acceptors (Lipinski definition) is 1. The Labute approximate surface area is 86.9 Å². The summed E-state index contributed by atoms with van der Waals surface area (Å²) in [5.41, 5.74) is 1.37. The Kier molecular flexibility index (Phi) is 5.28. The van der Waals surface area contributed by atoms with E-state index in [4.69, 9.17) is 0 Å². The molecule has 0 aromatic carbocycles. The molecule has 0 saturated heterocycles. The van der Waals surface area contributed by atoms with Gasteiger partial charge in [0.2, 0.25) is 0 Å². The summed E-state index contributed by atoms with van der Waals surface area (Å²) in [6.07, 6.45) is 12.5. The van der Waals surface area contributed by atoms with Gasteiger partial charge in [-0.25, -0.2) is 0 Å². The van der Waals surface area contributed by atoms with Crippen molar-refractivity contribution in [1.82, 2.24) is 0 Å². The normalized spacial score (nSPS) is 16.4. The van der Waals surface area contributed by atoms with E-state index in [9.17, 15) is 4.79 Å². The summed E-state index contributed by atoms with van der Waals surface area (Å²) in [6.45, 7) is 3.65. The van der Waals surface area contributed by atoms with Crippen molar-refractivity contribution in [2.75, 3.05) is 0 Å². The molecule has 0 amide bonds. The topological polar surface area (TPSA) is 17.1 Å². The first-order valence-corrected chi connectivity index (χ1v) is 5.66. The molecule has 14 heavy (non-hydrogen) atoms. The van der Waals surface area contributed by atoms with Gasteiger partial charge >= 0.3 is 0 Å². The van der Waals surface area contributed by atoms with E-state index >= 15 is 0 Å². The Bertz CT molecular complexity index is 217. The maximum Gasteiger partial charge on any atom is 0.155 e. The molecule has 78 valence electrons. The predicted octanol–water partition coefficient (Wildman–Crippen LogP) is 3.80. The number of carbonyl (C=O) groups excluding carboxylic acids is 1. The van der Waals surface area contributed by atoms with Crippen LogP contribution in [0.1, 0.15) is 51.4 Å². The molecule has 1 aliphatic rings.